The Hall–Kier alpha value is -4.68. The molecule has 2 aromatic heterocycles. The monoisotopic (exact) mass is 499 g/mol. The number of nitrogens with zero attached hydrogens (tertiary/aromatic N) is 3. The first-order valence-corrected chi connectivity index (χ1v) is 10.7. The second-order valence-electron chi connectivity index (χ2n) is 7.94. The Balaban J connectivity index is 1.78. The Kier molecular flexibility index (Phi) is 7.72. The molecule has 0 aliphatic rings. The van der Waals surface area contributed by atoms with Crippen LogP contribution in [-0.4, -0.2) is 46.7 Å². The summed E-state index contributed by atoms with van der Waals surface area (Å²) < 4.78 is 26.0. The fourth-order valence-corrected chi connectivity index (χ4v) is 3.41. The molecule has 0 saturated carbocycles. The van der Waals surface area contributed by atoms with E-state index in [1.54, 1.807) is 32.0 Å². The van der Waals surface area contributed by atoms with Crippen LogP contribution < -0.4 is 31.6 Å². The van der Waals surface area contributed by atoms with E-state index in [2.05, 4.69) is 20.7 Å². The quantitative estimate of drug-likeness (QED) is 0.324. The highest BCUT2D eigenvalue weighted by Crippen LogP contribution is 2.28. The van der Waals surface area contributed by atoms with Gasteiger partial charge in [0.1, 0.15) is 11.4 Å². The van der Waals surface area contributed by atoms with Crippen molar-refractivity contribution in [3.8, 4) is 11.5 Å². The minimum Gasteiger partial charge on any atom is -0.493 e. The van der Waals surface area contributed by atoms with E-state index in [1.807, 2.05) is 0 Å². The summed E-state index contributed by atoms with van der Waals surface area (Å²) in [7, 11) is 2.98. The molecular weight excluding hydrogens is 473 g/mol. The summed E-state index contributed by atoms with van der Waals surface area (Å²) in [5.41, 5.74) is 11.1. The minimum absolute atomic E-state index is 0.0205. The van der Waals surface area contributed by atoms with Crippen LogP contribution in [0.15, 0.2) is 30.5 Å². The van der Waals surface area contributed by atoms with Gasteiger partial charge in [0.25, 0.3) is 11.8 Å². The molecule has 0 aliphatic heterocycles. The summed E-state index contributed by atoms with van der Waals surface area (Å²) in [5.74, 6) is -2.43. The van der Waals surface area contributed by atoms with Crippen molar-refractivity contribution in [1.82, 2.24) is 14.8 Å². The van der Waals surface area contributed by atoms with Gasteiger partial charge in [-0.3, -0.25) is 14.4 Å². The van der Waals surface area contributed by atoms with Crippen LogP contribution in [0.3, 0.4) is 0 Å². The zero-order chi connectivity index (χ0) is 26.6. The van der Waals surface area contributed by atoms with E-state index in [1.165, 1.54) is 25.0 Å². The van der Waals surface area contributed by atoms with Crippen molar-refractivity contribution in [2.45, 2.75) is 26.3 Å². The zero-order valence-corrected chi connectivity index (χ0v) is 20.1. The number of pyridine rings is 1. The number of aromatic nitrogens is 3. The summed E-state index contributed by atoms with van der Waals surface area (Å²) >= 11 is 0. The van der Waals surface area contributed by atoms with Gasteiger partial charge in [0.15, 0.2) is 17.2 Å². The van der Waals surface area contributed by atoms with Crippen LogP contribution in [0, 0.1) is 5.95 Å². The second-order valence-corrected chi connectivity index (χ2v) is 7.94. The maximum atomic E-state index is 14.4. The molecule has 13 heteroatoms. The van der Waals surface area contributed by atoms with Crippen molar-refractivity contribution < 1.29 is 28.2 Å². The number of carbonyl (C=O) groups is 3. The molecule has 0 bridgehead atoms. The van der Waals surface area contributed by atoms with E-state index < -0.39 is 23.7 Å². The van der Waals surface area contributed by atoms with Crippen molar-refractivity contribution in [2.24, 2.45) is 5.73 Å². The lowest BCUT2D eigenvalue weighted by molar-refractivity contribution is -0.115. The van der Waals surface area contributed by atoms with Crippen molar-refractivity contribution in [3.63, 3.8) is 0 Å². The summed E-state index contributed by atoms with van der Waals surface area (Å²) in [6.07, 6.45) is 1.07. The van der Waals surface area contributed by atoms with E-state index in [0.717, 1.165) is 6.20 Å². The van der Waals surface area contributed by atoms with Gasteiger partial charge in [-0.1, -0.05) is 6.07 Å². The molecule has 0 unspecified atom stereocenters. The Morgan fingerprint density at radius 2 is 1.81 bits per heavy atom. The predicted octanol–water partition coefficient (Wildman–Crippen LogP) is 2.13. The Labute approximate surface area is 205 Å². The van der Waals surface area contributed by atoms with E-state index in [0.29, 0.717) is 17.1 Å². The number of amides is 3. The number of halogens is 1. The first kappa shape index (κ1) is 25.9. The Morgan fingerprint density at radius 3 is 2.42 bits per heavy atom. The number of primary amides is 1. The molecule has 0 radical (unpaired) electrons. The number of rotatable bonds is 9. The molecule has 0 atom stereocenters. The molecule has 2 heterocycles. The number of nitrogen functional groups attached to an aromatic ring is 1. The molecule has 1 aromatic carbocycles. The molecule has 190 valence electrons. The topological polar surface area (TPSA) is 176 Å². The Bertz CT molecular complexity index is 1320. The van der Waals surface area contributed by atoms with Gasteiger partial charge in [0.05, 0.1) is 38.2 Å². The van der Waals surface area contributed by atoms with Gasteiger partial charge in [-0.15, -0.1) is 0 Å². The van der Waals surface area contributed by atoms with Gasteiger partial charge < -0.3 is 31.6 Å². The molecule has 0 spiro atoms. The van der Waals surface area contributed by atoms with Gasteiger partial charge in [-0.2, -0.15) is 9.49 Å². The number of nitrogens with one attached hydrogen (secondary N) is 2. The number of hydrogen-bond donors (Lipinski definition) is 4. The first-order chi connectivity index (χ1) is 17.0. The van der Waals surface area contributed by atoms with Gasteiger partial charge in [-0.05, 0) is 37.6 Å². The van der Waals surface area contributed by atoms with Crippen LogP contribution >= 0.6 is 0 Å². The number of carbonyl (C=O) groups excluding carboxylic acids is 3. The molecular formula is C23H26FN7O5. The number of benzene rings is 1. The van der Waals surface area contributed by atoms with Crippen LogP contribution in [0.5, 0.6) is 11.5 Å². The zero-order valence-electron chi connectivity index (χ0n) is 20.1. The molecule has 12 nitrogen and oxygen atoms in total. The van der Waals surface area contributed by atoms with Gasteiger partial charge in [0, 0.05) is 6.04 Å². The summed E-state index contributed by atoms with van der Waals surface area (Å²) in [4.78, 5) is 40.8. The first-order valence-electron chi connectivity index (χ1n) is 10.7. The van der Waals surface area contributed by atoms with Crippen LogP contribution in [0.25, 0.3) is 0 Å². The molecule has 0 saturated heterocycles. The van der Waals surface area contributed by atoms with E-state index in [9.17, 15) is 18.8 Å². The van der Waals surface area contributed by atoms with Crippen molar-refractivity contribution >= 4 is 34.9 Å². The summed E-state index contributed by atoms with van der Waals surface area (Å²) in [6, 6.07) is 5.94. The van der Waals surface area contributed by atoms with Crippen LogP contribution in [0.4, 0.5) is 21.6 Å². The molecule has 6 N–H and O–H groups in total. The SMILES string of the molecule is COc1ccc(CC(=O)Nc2cnc(F)c(NC(=O)c3nn(C(C)C)c(N)c3C(N)=O)c2)cc1OC. The number of methoxy groups -OCH3 is 2. The highest BCUT2D eigenvalue weighted by Gasteiger charge is 2.27. The third-order valence-corrected chi connectivity index (χ3v) is 5.08. The highest BCUT2D eigenvalue weighted by molar-refractivity contribution is 6.12. The van der Waals surface area contributed by atoms with E-state index in [4.69, 9.17) is 20.9 Å². The lowest BCUT2D eigenvalue weighted by Crippen LogP contribution is -2.21. The largest absolute Gasteiger partial charge is 0.493 e. The van der Waals surface area contributed by atoms with Gasteiger partial charge in [0.2, 0.25) is 11.9 Å². The standard InChI is InChI=1S/C23H26FN7O5/c1-11(2)31-21(25)18(22(26)33)19(30-31)23(34)29-14-9-13(10-27-20(14)24)28-17(32)8-12-5-6-15(35-3)16(7-12)36-4/h5-7,9-11H,8,25H2,1-4H3,(H2,26,33)(H,28,32)(H,29,34). The molecule has 0 aliphatic carbocycles. The number of hydrogen-bond acceptors (Lipinski definition) is 8. The lowest BCUT2D eigenvalue weighted by Gasteiger charge is -2.11. The van der Waals surface area contributed by atoms with E-state index >= 15 is 0 Å². The molecule has 3 aromatic rings. The fourth-order valence-electron chi connectivity index (χ4n) is 3.41. The predicted molar refractivity (Wildman–Crippen MR) is 130 cm³/mol. The van der Waals surface area contributed by atoms with Gasteiger partial charge in [-0.25, -0.2) is 9.67 Å². The molecule has 3 amide bonds. The highest BCUT2D eigenvalue weighted by atomic mass is 19.1. The van der Waals surface area contributed by atoms with Crippen molar-refractivity contribution in [3.05, 3.63) is 53.2 Å². The maximum Gasteiger partial charge on any atom is 0.277 e. The average molecular weight is 500 g/mol. The summed E-state index contributed by atoms with van der Waals surface area (Å²) in [5, 5.41) is 8.93. The third-order valence-electron chi connectivity index (χ3n) is 5.08. The fraction of sp³-hybridized carbons (Fsp3) is 0.261. The number of nitrogens with two attached hydrogens (primary N) is 2. The van der Waals surface area contributed by atoms with Crippen molar-refractivity contribution in [2.75, 3.05) is 30.6 Å². The van der Waals surface area contributed by atoms with Crippen LogP contribution in [-0.2, 0) is 11.2 Å². The molecule has 0 fully saturated rings. The second kappa shape index (κ2) is 10.7. The smallest absolute Gasteiger partial charge is 0.277 e. The maximum absolute atomic E-state index is 14.4. The van der Waals surface area contributed by atoms with Gasteiger partial charge >= 0.3 is 0 Å². The number of ether oxygens (including phenoxy) is 2. The molecule has 3 rings (SSSR count). The third kappa shape index (κ3) is 5.51. The Morgan fingerprint density at radius 1 is 1.11 bits per heavy atom. The summed E-state index contributed by atoms with van der Waals surface area (Å²) in [6.45, 7) is 3.49. The van der Waals surface area contributed by atoms with Crippen LogP contribution in [0.2, 0.25) is 0 Å². The van der Waals surface area contributed by atoms with Crippen LogP contribution in [0.1, 0.15) is 46.3 Å². The molecule has 36 heavy (non-hydrogen) atoms. The lowest BCUT2D eigenvalue weighted by atomic mass is 10.1. The number of anilines is 3. The average Bonchev–Trinajstić information content (AvgIpc) is 3.18. The van der Waals surface area contributed by atoms with Crippen molar-refractivity contribution in [1.29, 1.82) is 0 Å². The minimum atomic E-state index is -1.02. The normalized spacial score (nSPS) is 10.7. The van der Waals surface area contributed by atoms with E-state index in [-0.39, 0.29) is 40.9 Å².